The molecular weight excluding hydrogens is 404 g/mol. The molecule has 1 aromatic carbocycles. The lowest BCUT2D eigenvalue weighted by Crippen LogP contribution is -2.49. The van der Waals surface area contributed by atoms with Crippen LogP contribution < -0.4 is 5.56 Å². The van der Waals surface area contributed by atoms with E-state index in [1.54, 1.807) is 24.5 Å². The van der Waals surface area contributed by atoms with Gasteiger partial charge >= 0.3 is 0 Å². The zero-order chi connectivity index (χ0) is 21.9. The highest BCUT2D eigenvalue weighted by Gasteiger charge is 2.22. The summed E-state index contributed by atoms with van der Waals surface area (Å²) in [6, 6.07) is 14.8. The van der Waals surface area contributed by atoms with Gasteiger partial charge in [0.25, 0.3) is 11.5 Å². The molecule has 0 radical (unpaired) electrons. The van der Waals surface area contributed by atoms with Gasteiger partial charge in [0.15, 0.2) is 0 Å². The van der Waals surface area contributed by atoms with Crippen LogP contribution in [0.4, 0.5) is 0 Å². The molecule has 32 heavy (non-hydrogen) atoms. The van der Waals surface area contributed by atoms with Crippen molar-refractivity contribution < 1.29 is 4.79 Å². The molecule has 0 bridgehead atoms. The Morgan fingerprint density at radius 1 is 1.00 bits per heavy atom. The molecule has 162 valence electrons. The number of benzene rings is 1. The predicted molar refractivity (Wildman–Crippen MR) is 122 cm³/mol. The largest absolute Gasteiger partial charge is 0.361 e. The van der Waals surface area contributed by atoms with E-state index in [9.17, 15) is 9.59 Å². The lowest BCUT2D eigenvalue weighted by Gasteiger charge is -2.34. The van der Waals surface area contributed by atoms with E-state index in [0.717, 1.165) is 35.2 Å². The van der Waals surface area contributed by atoms with Gasteiger partial charge in [-0.2, -0.15) is 5.10 Å². The molecule has 1 aliphatic heterocycles. The summed E-state index contributed by atoms with van der Waals surface area (Å²) in [5.41, 5.74) is 3.24. The molecule has 1 aliphatic rings. The van der Waals surface area contributed by atoms with E-state index in [1.165, 1.54) is 4.68 Å². The van der Waals surface area contributed by atoms with Crippen LogP contribution in [0.25, 0.3) is 22.2 Å². The number of fused-ring (bicyclic) bond motifs is 1. The number of hydrogen-bond acceptors (Lipinski definition) is 5. The normalized spacial score (nSPS) is 14.7. The maximum Gasteiger partial charge on any atom is 0.266 e. The number of nitrogens with zero attached hydrogens (tertiary/aromatic N) is 5. The molecular formula is C24H24N6O2. The first kappa shape index (κ1) is 20.1. The van der Waals surface area contributed by atoms with Gasteiger partial charge in [-0.1, -0.05) is 0 Å². The van der Waals surface area contributed by atoms with E-state index in [2.05, 4.69) is 20.0 Å². The summed E-state index contributed by atoms with van der Waals surface area (Å²) in [5, 5.41) is 5.54. The van der Waals surface area contributed by atoms with E-state index in [4.69, 9.17) is 0 Å². The van der Waals surface area contributed by atoms with Crippen molar-refractivity contribution in [1.82, 2.24) is 29.5 Å². The van der Waals surface area contributed by atoms with Gasteiger partial charge in [0, 0.05) is 79.4 Å². The molecule has 1 N–H and O–H groups in total. The predicted octanol–water partition coefficient (Wildman–Crippen LogP) is 2.24. The van der Waals surface area contributed by atoms with Crippen LogP contribution in [0.15, 0.2) is 71.9 Å². The van der Waals surface area contributed by atoms with Crippen molar-refractivity contribution in [2.45, 2.75) is 6.54 Å². The van der Waals surface area contributed by atoms with Gasteiger partial charge < -0.3 is 9.88 Å². The zero-order valence-corrected chi connectivity index (χ0v) is 17.6. The minimum atomic E-state index is -0.119. The van der Waals surface area contributed by atoms with Crippen LogP contribution >= 0.6 is 0 Å². The minimum absolute atomic E-state index is 0.0646. The van der Waals surface area contributed by atoms with E-state index < -0.39 is 0 Å². The first-order chi connectivity index (χ1) is 15.7. The number of hydrogen-bond donors (Lipinski definition) is 1. The Labute approximate surface area is 185 Å². The Hall–Kier alpha value is -3.78. The first-order valence-electron chi connectivity index (χ1n) is 10.7. The molecule has 0 atom stereocenters. The van der Waals surface area contributed by atoms with E-state index in [1.807, 2.05) is 47.5 Å². The summed E-state index contributed by atoms with van der Waals surface area (Å²) >= 11 is 0. The second-order valence-corrected chi connectivity index (χ2v) is 7.94. The molecule has 1 fully saturated rings. The maximum absolute atomic E-state index is 12.9. The Bertz CT molecular complexity index is 1290. The lowest BCUT2D eigenvalue weighted by atomic mass is 10.1. The smallest absolute Gasteiger partial charge is 0.266 e. The molecule has 0 aliphatic carbocycles. The van der Waals surface area contributed by atoms with Gasteiger partial charge in [0.2, 0.25) is 0 Å². The van der Waals surface area contributed by atoms with Crippen LogP contribution in [-0.4, -0.2) is 68.2 Å². The van der Waals surface area contributed by atoms with E-state index >= 15 is 0 Å². The number of aromatic nitrogens is 4. The molecule has 3 aromatic heterocycles. The number of nitrogens with one attached hydrogen (secondary N) is 1. The average Bonchev–Trinajstić information content (AvgIpc) is 3.32. The number of H-pyrrole nitrogens is 1. The Kier molecular flexibility index (Phi) is 5.51. The van der Waals surface area contributed by atoms with Crippen molar-refractivity contribution in [3.05, 3.63) is 83.0 Å². The minimum Gasteiger partial charge on any atom is -0.361 e. The highest BCUT2D eigenvalue weighted by atomic mass is 16.2. The zero-order valence-electron chi connectivity index (χ0n) is 17.6. The van der Waals surface area contributed by atoms with Crippen LogP contribution in [0, 0.1) is 0 Å². The fourth-order valence-corrected chi connectivity index (χ4v) is 4.06. The molecule has 0 spiro atoms. The summed E-state index contributed by atoms with van der Waals surface area (Å²) in [6.07, 6.45) is 5.33. The Morgan fingerprint density at radius 2 is 1.88 bits per heavy atom. The number of pyridine rings is 1. The van der Waals surface area contributed by atoms with Gasteiger partial charge in [0.1, 0.15) is 0 Å². The molecule has 0 saturated carbocycles. The van der Waals surface area contributed by atoms with Gasteiger partial charge in [-0.15, -0.1) is 0 Å². The topological polar surface area (TPSA) is 87.1 Å². The SMILES string of the molecule is O=C(c1ccc2[nH]ccc2c1)N1CCN(CCn2nc(-c3cccnc3)ccc2=O)CC1. The van der Waals surface area contributed by atoms with Crippen molar-refractivity contribution in [1.29, 1.82) is 0 Å². The fourth-order valence-electron chi connectivity index (χ4n) is 4.06. The summed E-state index contributed by atoms with van der Waals surface area (Å²) in [7, 11) is 0. The Balaban J connectivity index is 1.18. The highest BCUT2D eigenvalue weighted by molar-refractivity contribution is 5.98. The summed E-state index contributed by atoms with van der Waals surface area (Å²) in [6.45, 7) is 4.10. The molecule has 8 heteroatoms. The third kappa shape index (κ3) is 4.17. The third-order valence-corrected chi connectivity index (χ3v) is 5.91. The maximum atomic E-state index is 12.9. The molecule has 4 heterocycles. The monoisotopic (exact) mass is 428 g/mol. The van der Waals surface area contributed by atoms with Gasteiger partial charge in [-0.3, -0.25) is 19.5 Å². The van der Waals surface area contributed by atoms with Gasteiger partial charge in [-0.05, 0) is 42.5 Å². The van der Waals surface area contributed by atoms with Crippen LogP contribution in [0.5, 0.6) is 0 Å². The van der Waals surface area contributed by atoms with Crippen molar-refractivity contribution in [3.63, 3.8) is 0 Å². The molecule has 5 rings (SSSR count). The number of rotatable bonds is 5. The molecule has 1 saturated heterocycles. The van der Waals surface area contributed by atoms with Gasteiger partial charge in [-0.25, -0.2) is 4.68 Å². The molecule has 8 nitrogen and oxygen atoms in total. The fraction of sp³-hybridized carbons (Fsp3) is 0.250. The number of aromatic amines is 1. The summed E-state index contributed by atoms with van der Waals surface area (Å²) < 4.78 is 1.51. The van der Waals surface area contributed by atoms with E-state index in [-0.39, 0.29) is 11.5 Å². The third-order valence-electron chi connectivity index (χ3n) is 5.91. The van der Waals surface area contributed by atoms with Crippen molar-refractivity contribution in [3.8, 4) is 11.3 Å². The number of piperazine rings is 1. The van der Waals surface area contributed by atoms with Gasteiger partial charge in [0.05, 0.1) is 12.2 Å². The second kappa shape index (κ2) is 8.76. The number of carbonyl (C=O) groups excluding carboxylic acids is 1. The highest BCUT2D eigenvalue weighted by Crippen LogP contribution is 2.17. The lowest BCUT2D eigenvalue weighted by molar-refractivity contribution is 0.0631. The van der Waals surface area contributed by atoms with Crippen LogP contribution in [0.2, 0.25) is 0 Å². The quantitative estimate of drug-likeness (QED) is 0.527. The van der Waals surface area contributed by atoms with Crippen molar-refractivity contribution >= 4 is 16.8 Å². The molecule has 4 aromatic rings. The first-order valence-corrected chi connectivity index (χ1v) is 10.7. The molecule has 1 amide bonds. The van der Waals surface area contributed by atoms with Crippen LogP contribution in [-0.2, 0) is 6.54 Å². The second-order valence-electron chi connectivity index (χ2n) is 7.94. The average molecular weight is 428 g/mol. The van der Waals surface area contributed by atoms with E-state index in [0.29, 0.717) is 31.7 Å². The molecule has 0 unspecified atom stereocenters. The van der Waals surface area contributed by atoms with Crippen molar-refractivity contribution in [2.24, 2.45) is 0 Å². The van der Waals surface area contributed by atoms with Crippen LogP contribution in [0.3, 0.4) is 0 Å². The Morgan fingerprint density at radius 3 is 2.69 bits per heavy atom. The standard InChI is InChI=1S/C24H24N6O2/c31-23-6-5-22(20-2-1-8-25-17-20)27-30(23)15-12-28-10-13-29(14-11-28)24(32)19-3-4-21-18(16-19)7-9-26-21/h1-9,16-17,26H,10-15H2. The summed E-state index contributed by atoms with van der Waals surface area (Å²) in [5.74, 6) is 0.0646. The van der Waals surface area contributed by atoms with Crippen LogP contribution in [0.1, 0.15) is 10.4 Å². The summed E-state index contributed by atoms with van der Waals surface area (Å²) in [4.78, 5) is 36.6. The number of carbonyl (C=O) groups is 1. The number of amides is 1. The van der Waals surface area contributed by atoms with Crippen molar-refractivity contribution in [2.75, 3.05) is 32.7 Å².